The lowest BCUT2D eigenvalue weighted by Crippen LogP contribution is -2.31. The summed E-state index contributed by atoms with van der Waals surface area (Å²) in [6, 6.07) is 10.1. The molecule has 2 rings (SSSR count). The lowest BCUT2D eigenvalue weighted by Gasteiger charge is -2.29. The molecule has 0 spiro atoms. The van der Waals surface area contributed by atoms with Crippen molar-refractivity contribution in [2.75, 3.05) is 13.2 Å². The van der Waals surface area contributed by atoms with E-state index in [4.69, 9.17) is 15.7 Å². The Morgan fingerprint density at radius 2 is 2.18 bits per heavy atom. The van der Waals surface area contributed by atoms with Gasteiger partial charge in [0.1, 0.15) is 5.84 Å². The second kappa shape index (κ2) is 5.93. The molecular weight excluding hydrogens is 236 g/mol. The van der Waals surface area contributed by atoms with Gasteiger partial charge in [-0.05, 0) is 5.56 Å². The van der Waals surface area contributed by atoms with Crippen LogP contribution in [0.25, 0.3) is 0 Å². The van der Waals surface area contributed by atoms with Crippen molar-refractivity contribution >= 4 is 17.6 Å². The largest absolute Gasteiger partial charge is 0.409 e. The van der Waals surface area contributed by atoms with E-state index in [1.807, 2.05) is 30.0 Å². The SMILES string of the molecule is NC(CC(SC1COC1)c1ccccc1)=NO. The molecular formula is C12H16N2O2S. The molecule has 1 aliphatic heterocycles. The molecule has 1 unspecified atom stereocenters. The molecule has 1 aliphatic rings. The number of amidine groups is 1. The number of nitrogens with zero attached hydrogens (tertiary/aromatic N) is 1. The number of rotatable bonds is 5. The Balaban J connectivity index is 2.05. The first-order valence-corrected chi connectivity index (χ1v) is 6.48. The van der Waals surface area contributed by atoms with E-state index in [-0.39, 0.29) is 11.1 Å². The van der Waals surface area contributed by atoms with E-state index in [0.717, 1.165) is 13.2 Å². The summed E-state index contributed by atoms with van der Waals surface area (Å²) >= 11 is 1.83. The monoisotopic (exact) mass is 252 g/mol. The van der Waals surface area contributed by atoms with Crippen molar-refractivity contribution in [1.29, 1.82) is 0 Å². The van der Waals surface area contributed by atoms with Gasteiger partial charge in [0.05, 0.1) is 18.5 Å². The molecule has 0 bridgehead atoms. The van der Waals surface area contributed by atoms with Crippen LogP contribution in [0, 0.1) is 0 Å². The van der Waals surface area contributed by atoms with Gasteiger partial charge in [0.2, 0.25) is 0 Å². The third kappa shape index (κ3) is 3.38. The zero-order valence-corrected chi connectivity index (χ0v) is 10.3. The Bertz CT molecular complexity index is 379. The van der Waals surface area contributed by atoms with Gasteiger partial charge in [0.15, 0.2) is 0 Å². The van der Waals surface area contributed by atoms with E-state index in [2.05, 4.69) is 17.3 Å². The zero-order valence-electron chi connectivity index (χ0n) is 9.45. The summed E-state index contributed by atoms with van der Waals surface area (Å²) < 4.78 is 5.17. The fraction of sp³-hybridized carbons (Fsp3) is 0.417. The van der Waals surface area contributed by atoms with E-state index < -0.39 is 0 Å². The maximum Gasteiger partial charge on any atom is 0.140 e. The van der Waals surface area contributed by atoms with Crippen LogP contribution in [0.15, 0.2) is 35.5 Å². The summed E-state index contributed by atoms with van der Waals surface area (Å²) in [7, 11) is 0. The van der Waals surface area contributed by atoms with E-state index in [1.165, 1.54) is 5.56 Å². The van der Waals surface area contributed by atoms with Crippen molar-refractivity contribution in [3.05, 3.63) is 35.9 Å². The highest BCUT2D eigenvalue weighted by Crippen LogP contribution is 2.37. The van der Waals surface area contributed by atoms with Crippen molar-refractivity contribution in [3.8, 4) is 0 Å². The third-order valence-corrected chi connectivity index (χ3v) is 4.08. The molecule has 3 N–H and O–H groups in total. The smallest absolute Gasteiger partial charge is 0.140 e. The topological polar surface area (TPSA) is 67.8 Å². The number of nitrogens with two attached hydrogens (primary N) is 1. The standard InChI is InChI=1S/C12H16N2O2S/c13-12(14-15)6-11(17-10-7-16-8-10)9-4-2-1-3-5-9/h1-5,10-11,15H,6-8H2,(H2,13,14). The minimum absolute atomic E-state index is 0.223. The molecule has 0 radical (unpaired) electrons. The molecule has 1 atom stereocenters. The average molecular weight is 252 g/mol. The van der Waals surface area contributed by atoms with Crippen LogP contribution in [-0.4, -0.2) is 29.5 Å². The Morgan fingerprint density at radius 3 is 2.71 bits per heavy atom. The van der Waals surface area contributed by atoms with Gasteiger partial charge in [-0.15, -0.1) is 11.8 Å². The van der Waals surface area contributed by atoms with Gasteiger partial charge >= 0.3 is 0 Å². The summed E-state index contributed by atoms with van der Waals surface area (Å²) in [6.07, 6.45) is 0.557. The highest BCUT2D eigenvalue weighted by molar-refractivity contribution is 8.00. The molecule has 1 aromatic carbocycles. The van der Waals surface area contributed by atoms with Gasteiger partial charge in [-0.1, -0.05) is 35.5 Å². The summed E-state index contributed by atoms with van der Waals surface area (Å²) in [4.78, 5) is 0. The molecule has 0 saturated carbocycles. The fourth-order valence-electron chi connectivity index (χ4n) is 1.67. The first kappa shape index (κ1) is 12.3. The van der Waals surface area contributed by atoms with Crippen LogP contribution < -0.4 is 5.73 Å². The van der Waals surface area contributed by atoms with Crippen LogP contribution in [0.5, 0.6) is 0 Å². The Morgan fingerprint density at radius 1 is 1.47 bits per heavy atom. The average Bonchev–Trinajstić information content (AvgIpc) is 2.33. The lowest BCUT2D eigenvalue weighted by atomic mass is 10.1. The maximum absolute atomic E-state index is 8.66. The molecule has 1 aromatic rings. The molecule has 0 amide bonds. The second-order valence-electron chi connectivity index (χ2n) is 3.99. The molecule has 92 valence electrons. The number of oxime groups is 1. The van der Waals surface area contributed by atoms with Crippen LogP contribution in [0.4, 0.5) is 0 Å². The summed E-state index contributed by atoms with van der Waals surface area (Å²) in [6.45, 7) is 1.59. The van der Waals surface area contributed by atoms with Crippen molar-refractivity contribution in [1.82, 2.24) is 0 Å². The fourth-order valence-corrected chi connectivity index (χ4v) is 3.06. The molecule has 5 heteroatoms. The first-order chi connectivity index (χ1) is 8.29. The molecule has 1 heterocycles. The van der Waals surface area contributed by atoms with Gasteiger partial charge in [-0.25, -0.2) is 0 Å². The minimum Gasteiger partial charge on any atom is -0.409 e. The molecule has 17 heavy (non-hydrogen) atoms. The Hall–Kier alpha value is -1.20. The molecule has 0 aliphatic carbocycles. The van der Waals surface area contributed by atoms with Crippen LogP contribution in [0.3, 0.4) is 0 Å². The van der Waals surface area contributed by atoms with Crippen LogP contribution in [0.1, 0.15) is 17.2 Å². The van der Waals surface area contributed by atoms with Crippen LogP contribution >= 0.6 is 11.8 Å². The Labute approximate surface area is 105 Å². The van der Waals surface area contributed by atoms with Crippen LogP contribution in [0.2, 0.25) is 0 Å². The van der Waals surface area contributed by atoms with E-state index in [9.17, 15) is 0 Å². The Kier molecular flexibility index (Phi) is 4.28. The summed E-state index contributed by atoms with van der Waals surface area (Å²) in [5.41, 5.74) is 6.81. The molecule has 0 aromatic heterocycles. The maximum atomic E-state index is 8.66. The van der Waals surface area contributed by atoms with Gasteiger partial charge in [-0.3, -0.25) is 0 Å². The van der Waals surface area contributed by atoms with Crippen molar-refractivity contribution in [2.24, 2.45) is 10.9 Å². The minimum atomic E-state index is 0.223. The van der Waals surface area contributed by atoms with E-state index in [0.29, 0.717) is 11.7 Å². The molecule has 1 saturated heterocycles. The predicted molar refractivity (Wildman–Crippen MR) is 69.4 cm³/mol. The van der Waals surface area contributed by atoms with Crippen molar-refractivity contribution in [3.63, 3.8) is 0 Å². The lowest BCUT2D eigenvalue weighted by molar-refractivity contribution is 0.0453. The van der Waals surface area contributed by atoms with Crippen molar-refractivity contribution in [2.45, 2.75) is 16.9 Å². The predicted octanol–water partition coefficient (Wildman–Crippen LogP) is 2.00. The van der Waals surface area contributed by atoms with Gasteiger partial charge in [0.25, 0.3) is 0 Å². The quantitative estimate of drug-likeness (QED) is 0.364. The second-order valence-corrected chi connectivity index (χ2v) is 5.50. The number of thioether (sulfide) groups is 1. The highest BCUT2D eigenvalue weighted by Gasteiger charge is 2.25. The number of benzene rings is 1. The zero-order chi connectivity index (χ0) is 12.1. The van der Waals surface area contributed by atoms with Gasteiger partial charge in [-0.2, -0.15) is 0 Å². The van der Waals surface area contributed by atoms with Crippen LogP contribution in [-0.2, 0) is 4.74 Å². The highest BCUT2D eigenvalue weighted by atomic mass is 32.2. The van der Waals surface area contributed by atoms with E-state index >= 15 is 0 Å². The van der Waals surface area contributed by atoms with Crippen molar-refractivity contribution < 1.29 is 9.94 Å². The number of hydrogen-bond donors (Lipinski definition) is 2. The normalized spacial score (nSPS) is 18.7. The molecule has 1 fully saturated rings. The number of ether oxygens (including phenoxy) is 1. The first-order valence-electron chi connectivity index (χ1n) is 5.54. The molecule has 4 nitrogen and oxygen atoms in total. The van der Waals surface area contributed by atoms with Gasteiger partial charge < -0.3 is 15.7 Å². The third-order valence-electron chi connectivity index (χ3n) is 2.66. The van der Waals surface area contributed by atoms with Gasteiger partial charge in [0, 0.05) is 11.7 Å². The van der Waals surface area contributed by atoms with E-state index in [1.54, 1.807) is 0 Å². The summed E-state index contributed by atoms with van der Waals surface area (Å²) in [5.74, 6) is 0.270. The summed E-state index contributed by atoms with van der Waals surface area (Å²) in [5, 5.41) is 12.5. The number of hydrogen-bond acceptors (Lipinski definition) is 4.